The number of hydrogen-bond acceptors (Lipinski definition) is 3. The molecular weight excluding hydrogens is 208 g/mol. The number of carbonyl (C=O) groups is 2. The van der Waals surface area contributed by atoms with Crippen LogP contribution in [0, 0.1) is 5.92 Å². The van der Waals surface area contributed by atoms with E-state index in [4.69, 9.17) is 5.11 Å². The Morgan fingerprint density at radius 2 is 2.12 bits per heavy atom. The summed E-state index contributed by atoms with van der Waals surface area (Å²) in [6.45, 7) is 4.16. The van der Waals surface area contributed by atoms with E-state index in [2.05, 4.69) is 5.32 Å². The van der Waals surface area contributed by atoms with E-state index in [1.54, 1.807) is 4.90 Å². The Hall–Kier alpha value is -1.10. The normalized spacial score (nSPS) is 25.3. The molecule has 16 heavy (non-hydrogen) atoms. The van der Waals surface area contributed by atoms with Crippen molar-refractivity contribution in [3.05, 3.63) is 0 Å². The molecule has 1 heterocycles. The molecule has 2 atom stereocenters. The highest BCUT2D eigenvalue weighted by Crippen LogP contribution is 2.21. The van der Waals surface area contributed by atoms with Crippen molar-refractivity contribution in [2.75, 3.05) is 19.7 Å². The van der Waals surface area contributed by atoms with Gasteiger partial charge in [0.1, 0.15) is 0 Å². The number of aliphatic hydroxyl groups excluding tert-OH is 1. The van der Waals surface area contributed by atoms with Crippen molar-refractivity contribution in [3.8, 4) is 0 Å². The van der Waals surface area contributed by atoms with E-state index in [0.717, 1.165) is 12.8 Å². The van der Waals surface area contributed by atoms with Crippen molar-refractivity contribution in [3.63, 3.8) is 0 Å². The smallest absolute Gasteiger partial charge is 0.242 e. The van der Waals surface area contributed by atoms with Gasteiger partial charge in [0.2, 0.25) is 11.8 Å². The summed E-state index contributed by atoms with van der Waals surface area (Å²) in [5.41, 5.74) is 0. The van der Waals surface area contributed by atoms with Crippen LogP contribution in [-0.4, -0.2) is 47.6 Å². The lowest BCUT2D eigenvalue weighted by atomic mass is 9.94. The van der Waals surface area contributed by atoms with Gasteiger partial charge in [0, 0.05) is 26.1 Å². The highest BCUT2D eigenvalue weighted by Gasteiger charge is 2.28. The van der Waals surface area contributed by atoms with Crippen LogP contribution < -0.4 is 5.32 Å². The molecule has 1 rings (SSSR count). The Bertz CT molecular complexity index is 268. The number of nitrogens with one attached hydrogen (secondary N) is 1. The monoisotopic (exact) mass is 228 g/mol. The maximum Gasteiger partial charge on any atom is 0.242 e. The Morgan fingerprint density at radius 3 is 2.69 bits per heavy atom. The Kier molecular flexibility index (Phi) is 4.73. The third kappa shape index (κ3) is 3.48. The zero-order valence-electron chi connectivity index (χ0n) is 9.90. The lowest BCUT2D eigenvalue weighted by molar-refractivity contribution is -0.136. The van der Waals surface area contributed by atoms with E-state index < -0.39 is 0 Å². The van der Waals surface area contributed by atoms with E-state index in [1.807, 2.05) is 6.92 Å². The molecule has 5 heteroatoms. The molecule has 0 aromatic heterocycles. The van der Waals surface area contributed by atoms with Gasteiger partial charge in [-0.15, -0.1) is 0 Å². The van der Waals surface area contributed by atoms with Crippen LogP contribution in [0.3, 0.4) is 0 Å². The third-order valence-electron chi connectivity index (χ3n) is 3.05. The molecule has 5 nitrogen and oxygen atoms in total. The summed E-state index contributed by atoms with van der Waals surface area (Å²) in [5.74, 6) is -0.0879. The van der Waals surface area contributed by atoms with Gasteiger partial charge in [-0.2, -0.15) is 0 Å². The maximum atomic E-state index is 11.8. The van der Waals surface area contributed by atoms with Gasteiger partial charge in [-0.05, 0) is 25.7 Å². The number of piperidine rings is 1. The van der Waals surface area contributed by atoms with Crippen LogP contribution in [0.15, 0.2) is 0 Å². The lowest BCUT2D eigenvalue weighted by Gasteiger charge is -2.37. The maximum absolute atomic E-state index is 11.8. The predicted octanol–water partition coefficient (Wildman–Crippen LogP) is -0.258. The molecule has 1 saturated heterocycles. The zero-order chi connectivity index (χ0) is 12.1. The summed E-state index contributed by atoms with van der Waals surface area (Å²) in [4.78, 5) is 24.3. The van der Waals surface area contributed by atoms with Crippen molar-refractivity contribution in [2.45, 2.75) is 32.7 Å². The molecule has 1 aliphatic rings. The van der Waals surface area contributed by atoms with Crippen LogP contribution in [0.1, 0.15) is 26.7 Å². The van der Waals surface area contributed by atoms with Gasteiger partial charge in [0.05, 0.1) is 6.54 Å². The average molecular weight is 228 g/mol. The summed E-state index contributed by atoms with van der Waals surface area (Å²) >= 11 is 0. The van der Waals surface area contributed by atoms with Gasteiger partial charge in [0.15, 0.2) is 0 Å². The lowest BCUT2D eigenvalue weighted by Crippen LogP contribution is -2.49. The number of hydrogen-bond donors (Lipinski definition) is 2. The van der Waals surface area contributed by atoms with Crippen molar-refractivity contribution in [1.29, 1.82) is 0 Å². The first-order valence-corrected chi connectivity index (χ1v) is 5.69. The fourth-order valence-corrected chi connectivity index (χ4v) is 1.98. The van der Waals surface area contributed by atoms with Crippen molar-refractivity contribution in [1.82, 2.24) is 10.2 Å². The van der Waals surface area contributed by atoms with Crippen LogP contribution in [0.2, 0.25) is 0 Å². The molecule has 0 saturated carbocycles. The number of nitrogens with zero attached hydrogens (tertiary/aromatic N) is 1. The molecule has 0 aromatic carbocycles. The summed E-state index contributed by atoms with van der Waals surface area (Å²) in [7, 11) is 0. The standard InChI is InChI=1S/C11H20N2O3/c1-8-3-4-10(7-14)6-13(8)11(16)5-12-9(2)15/h8,10,14H,3-7H2,1-2H3,(H,12,15). The molecule has 0 aromatic rings. The molecule has 0 radical (unpaired) electrons. The number of aliphatic hydroxyl groups is 1. The van der Waals surface area contributed by atoms with Crippen molar-refractivity contribution < 1.29 is 14.7 Å². The number of rotatable bonds is 3. The first kappa shape index (κ1) is 13.0. The van der Waals surface area contributed by atoms with Gasteiger partial charge in [-0.1, -0.05) is 0 Å². The van der Waals surface area contributed by atoms with E-state index in [1.165, 1.54) is 6.92 Å². The van der Waals surface area contributed by atoms with E-state index >= 15 is 0 Å². The Labute approximate surface area is 95.8 Å². The number of carbonyl (C=O) groups excluding carboxylic acids is 2. The summed E-state index contributed by atoms with van der Waals surface area (Å²) in [5, 5.41) is 11.6. The average Bonchev–Trinajstić information content (AvgIpc) is 2.26. The van der Waals surface area contributed by atoms with E-state index in [0.29, 0.717) is 6.54 Å². The van der Waals surface area contributed by atoms with Gasteiger partial charge >= 0.3 is 0 Å². The van der Waals surface area contributed by atoms with Crippen LogP contribution in [-0.2, 0) is 9.59 Å². The van der Waals surface area contributed by atoms with Gasteiger partial charge < -0.3 is 15.3 Å². The predicted molar refractivity (Wildman–Crippen MR) is 59.7 cm³/mol. The Balaban J connectivity index is 2.48. The molecule has 0 aliphatic carbocycles. The molecule has 1 aliphatic heterocycles. The van der Waals surface area contributed by atoms with Crippen LogP contribution in [0.5, 0.6) is 0 Å². The second-order valence-electron chi connectivity index (χ2n) is 4.43. The third-order valence-corrected chi connectivity index (χ3v) is 3.05. The van der Waals surface area contributed by atoms with Crippen molar-refractivity contribution in [2.24, 2.45) is 5.92 Å². The fraction of sp³-hybridized carbons (Fsp3) is 0.818. The minimum atomic E-state index is -0.197. The molecule has 2 amide bonds. The van der Waals surface area contributed by atoms with Crippen LogP contribution in [0.25, 0.3) is 0 Å². The molecule has 1 fully saturated rings. The SMILES string of the molecule is CC(=O)NCC(=O)N1CC(CO)CCC1C. The molecule has 92 valence electrons. The van der Waals surface area contributed by atoms with Crippen molar-refractivity contribution >= 4 is 11.8 Å². The summed E-state index contributed by atoms with van der Waals surface area (Å²) < 4.78 is 0. The Morgan fingerprint density at radius 1 is 1.44 bits per heavy atom. The highest BCUT2D eigenvalue weighted by molar-refractivity contribution is 5.83. The highest BCUT2D eigenvalue weighted by atomic mass is 16.3. The number of amides is 2. The first-order valence-electron chi connectivity index (χ1n) is 5.69. The fourth-order valence-electron chi connectivity index (χ4n) is 1.98. The van der Waals surface area contributed by atoms with Gasteiger partial charge in [-0.25, -0.2) is 0 Å². The van der Waals surface area contributed by atoms with Gasteiger partial charge in [0.25, 0.3) is 0 Å². The van der Waals surface area contributed by atoms with Crippen LogP contribution >= 0.6 is 0 Å². The minimum absolute atomic E-state index is 0.0534. The molecule has 2 unspecified atom stereocenters. The van der Waals surface area contributed by atoms with Gasteiger partial charge in [-0.3, -0.25) is 9.59 Å². The molecular formula is C11H20N2O3. The largest absolute Gasteiger partial charge is 0.396 e. The summed E-state index contributed by atoms with van der Waals surface area (Å²) in [6.07, 6.45) is 1.87. The zero-order valence-corrected chi connectivity index (χ0v) is 9.90. The molecule has 0 spiro atoms. The van der Waals surface area contributed by atoms with Crippen LogP contribution in [0.4, 0.5) is 0 Å². The molecule has 2 N–H and O–H groups in total. The minimum Gasteiger partial charge on any atom is -0.396 e. The second-order valence-corrected chi connectivity index (χ2v) is 4.43. The quantitative estimate of drug-likeness (QED) is 0.699. The second kappa shape index (κ2) is 5.84. The molecule has 0 bridgehead atoms. The number of likely N-dealkylation sites (tertiary alicyclic amines) is 1. The van der Waals surface area contributed by atoms with E-state index in [9.17, 15) is 9.59 Å². The summed E-state index contributed by atoms with van der Waals surface area (Å²) in [6, 6.07) is 0.198. The topological polar surface area (TPSA) is 69.6 Å². The van der Waals surface area contributed by atoms with E-state index in [-0.39, 0.29) is 36.9 Å². The first-order chi connectivity index (χ1) is 7.54.